The lowest BCUT2D eigenvalue weighted by Crippen LogP contribution is -2.20. The van der Waals surface area contributed by atoms with Gasteiger partial charge in [-0.15, -0.1) is 0 Å². The smallest absolute Gasteiger partial charge is 0.292 e. The Kier molecular flexibility index (Phi) is 3.83. The maximum atomic E-state index is 11.3. The molecule has 0 unspecified atom stereocenters. The van der Waals surface area contributed by atoms with Gasteiger partial charge in [0.15, 0.2) is 0 Å². The van der Waals surface area contributed by atoms with E-state index >= 15 is 0 Å². The molecule has 1 heterocycles. The quantitative estimate of drug-likeness (QED) is 0.541. The van der Waals surface area contributed by atoms with Gasteiger partial charge in [0.2, 0.25) is 11.8 Å². The van der Waals surface area contributed by atoms with Gasteiger partial charge in [-0.25, -0.2) is 0 Å². The van der Waals surface area contributed by atoms with Gasteiger partial charge in [-0.1, -0.05) is 0 Å². The first-order valence-electron chi connectivity index (χ1n) is 6.10. The highest BCUT2D eigenvalue weighted by Crippen LogP contribution is 2.33. The molecule has 0 aromatic heterocycles. The van der Waals surface area contributed by atoms with E-state index in [-0.39, 0.29) is 30.2 Å². The molecule has 1 aromatic carbocycles. The van der Waals surface area contributed by atoms with Crippen molar-refractivity contribution in [3.63, 3.8) is 0 Å². The van der Waals surface area contributed by atoms with Crippen LogP contribution in [0.5, 0.6) is 0 Å². The SMILES string of the molecule is NC(=O)CCNc1cc2c(cc1[N+](=O)[O-])CCC(=O)N2. The molecule has 1 aliphatic rings. The molecule has 0 saturated heterocycles. The molecule has 8 heteroatoms. The molecule has 0 fully saturated rings. The summed E-state index contributed by atoms with van der Waals surface area (Å²) in [6, 6.07) is 2.97. The number of carbonyl (C=O) groups is 2. The van der Waals surface area contributed by atoms with Crippen LogP contribution in [0.1, 0.15) is 18.4 Å². The number of amides is 2. The Balaban J connectivity index is 2.28. The Morgan fingerprint density at radius 2 is 2.20 bits per heavy atom. The van der Waals surface area contributed by atoms with Crippen molar-refractivity contribution < 1.29 is 14.5 Å². The Labute approximate surface area is 114 Å². The lowest BCUT2D eigenvalue weighted by molar-refractivity contribution is -0.384. The summed E-state index contributed by atoms with van der Waals surface area (Å²) in [5.41, 5.74) is 6.49. The highest BCUT2D eigenvalue weighted by atomic mass is 16.6. The molecule has 1 aliphatic heterocycles. The molecule has 2 amide bonds. The van der Waals surface area contributed by atoms with Crippen LogP contribution in [0, 0.1) is 10.1 Å². The van der Waals surface area contributed by atoms with Gasteiger partial charge in [-0.3, -0.25) is 19.7 Å². The molecular formula is C12H14N4O4. The summed E-state index contributed by atoms with van der Waals surface area (Å²) in [6.07, 6.45) is 0.864. The highest BCUT2D eigenvalue weighted by Gasteiger charge is 2.22. The van der Waals surface area contributed by atoms with Gasteiger partial charge in [0.25, 0.3) is 5.69 Å². The zero-order valence-corrected chi connectivity index (χ0v) is 10.6. The fraction of sp³-hybridized carbons (Fsp3) is 0.333. The number of aryl methyl sites for hydroxylation is 1. The maximum Gasteiger partial charge on any atom is 0.292 e. The highest BCUT2D eigenvalue weighted by molar-refractivity contribution is 5.95. The Hall–Kier alpha value is -2.64. The standard InChI is InChI=1S/C12H14N4O4/c13-11(17)3-4-14-9-6-8-7(1-2-12(18)15-8)5-10(9)16(19)20/h5-6,14H,1-4H2,(H2,13,17)(H,15,18). The van der Waals surface area contributed by atoms with Crippen molar-refractivity contribution in [2.24, 2.45) is 5.73 Å². The molecule has 0 saturated carbocycles. The van der Waals surface area contributed by atoms with E-state index in [1.807, 2.05) is 0 Å². The summed E-state index contributed by atoms with van der Waals surface area (Å²) in [5.74, 6) is -0.610. The molecule has 1 aromatic rings. The van der Waals surface area contributed by atoms with Crippen molar-refractivity contribution in [3.05, 3.63) is 27.8 Å². The summed E-state index contributed by atoms with van der Waals surface area (Å²) < 4.78 is 0. The van der Waals surface area contributed by atoms with Crippen LogP contribution in [0.2, 0.25) is 0 Å². The minimum Gasteiger partial charge on any atom is -0.379 e. The first-order valence-corrected chi connectivity index (χ1v) is 6.10. The summed E-state index contributed by atoms with van der Waals surface area (Å²) in [6.45, 7) is 0.197. The van der Waals surface area contributed by atoms with E-state index in [1.165, 1.54) is 12.1 Å². The molecule has 4 N–H and O–H groups in total. The van der Waals surface area contributed by atoms with Gasteiger partial charge in [0.1, 0.15) is 5.69 Å². The fourth-order valence-corrected chi connectivity index (χ4v) is 2.03. The van der Waals surface area contributed by atoms with Gasteiger partial charge in [-0.05, 0) is 18.1 Å². The second kappa shape index (κ2) is 5.55. The van der Waals surface area contributed by atoms with Crippen molar-refractivity contribution in [1.82, 2.24) is 0 Å². The number of nitrogens with two attached hydrogens (primary N) is 1. The normalized spacial score (nSPS) is 13.3. The topological polar surface area (TPSA) is 127 Å². The Bertz CT molecular complexity index is 585. The van der Waals surface area contributed by atoms with Crippen LogP contribution in [-0.2, 0) is 16.0 Å². The number of benzene rings is 1. The third-order valence-electron chi connectivity index (χ3n) is 3.00. The van der Waals surface area contributed by atoms with Crippen molar-refractivity contribution in [2.75, 3.05) is 17.2 Å². The predicted octanol–water partition coefficient (Wildman–Crippen LogP) is 0.767. The number of nitro groups is 1. The maximum absolute atomic E-state index is 11.3. The van der Waals surface area contributed by atoms with Gasteiger partial charge >= 0.3 is 0 Å². The third-order valence-corrected chi connectivity index (χ3v) is 3.00. The summed E-state index contributed by atoms with van der Waals surface area (Å²) in [4.78, 5) is 32.6. The number of nitrogens with zero attached hydrogens (tertiary/aromatic N) is 1. The number of fused-ring (bicyclic) bond motifs is 1. The average molecular weight is 278 g/mol. The molecule has 20 heavy (non-hydrogen) atoms. The van der Waals surface area contributed by atoms with Crippen molar-refractivity contribution in [2.45, 2.75) is 19.3 Å². The van der Waals surface area contributed by atoms with Crippen LogP contribution in [0.25, 0.3) is 0 Å². The fourth-order valence-electron chi connectivity index (χ4n) is 2.03. The zero-order chi connectivity index (χ0) is 14.7. The first kappa shape index (κ1) is 13.8. The van der Waals surface area contributed by atoms with Crippen LogP contribution < -0.4 is 16.4 Å². The van der Waals surface area contributed by atoms with Crippen LogP contribution in [0.4, 0.5) is 17.1 Å². The number of anilines is 2. The number of nitrogens with one attached hydrogen (secondary N) is 2. The van der Waals surface area contributed by atoms with Crippen LogP contribution in [-0.4, -0.2) is 23.3 Å². The van der Waals surface area contributed by atoms with Crippen LogP contribution in [0.15, 0.2) is 12.1 Å². The second-order valence-corrected chi connectivity index (χ2v) is 4.47. The van der Waals surface area contributed by atoms with Crippen molar-refractivity contribution in [3.8, 4) is 0 Å². The number of rotatable bonds is 5. The lowest BCUT2D eigenvalue weighted by atomic mass is 10.0. The second-order valence-electron chi connectivity index (χ2n) is 4.47. The molecule has 0 spiro atoms. The van der Waals surface area contributed by atoms with E-state index in [4.69, 9.17) is 5.73 Å². The largest absolute Gasteiger partial charge is 0.379 e. The summed E-state index contributed by atoms with van der Waals surface area (Å²) in [7, 11) is 0. The Morgan fingerprint density at radius 1 is 1.45 bits per heavy atom. The number of primary amides is 1. The lowest BCUT2D eigenvalue weighted by Gasteiger charge is -2.18. The van der Waals surface area contributed by atoms with Gasteiger partial charge in [0.05, 0.1) is 4.92 Å². The van der Waals surface area contributed by atoms with Crippen molar-refractivity contribution in [1.29, 1.82) is 0 Å². The monoisotopic (exact) mass is 278 g/mol. The number of hydrogen-bond donors (Lipinski definition) is 3. The van der Waals surface area contributed by atoms with Crippen LogP contribution in [0.3, 0.4) is 0 Å². The van der Waals surface area contributed by atoms with E-state index in [0.717, 1.165) is 5.56 Å². The number of nitro benzene ring substituents is 1. The zero-order valence-electron chi connectivity index (χ0n) is 10.6. The minimum atomic E-state index is -0.497. The molecule has 0 aliphatic carbocycles. The third kappa shape index (κ3) is 3.02. The molecule has 2 rings (SSSR count). The molecular weight excluding hydrogens is 264 g/mol. The van der Waals surface area contributed by atoms with Gasteiger partial charge in [0, 0.05) is 31.1 Å². The van der Waals surface area contributed by atoms with Crippen molar-refractivity contribution >= 4 is 28.9 Å². The average Bonchev–Trinajstić information content (AvgIpc) is 2.37. The van der Waals surface area contributed by atoms with E-state index in [2.05, 4.69) is 10.6 Å². The summed E-state index contributed by atoms with van der Waals surface area (Å²) >= 11 is 0. The number of hydrogen-bond acceptors (Lipinski definition) is 5. The predicted molar refractivity (Wildman–Crippen MR) is 72.3 cm³/mol. The van der Waals surface area contributed by atoms with E-state index in [1.54, 1.807) is 0 Å². The van der Waals surface area contributed by atoms with Gasteiger partial charge < -0.3 is 16.4 Å². The molecule has 0 bridgehead atoms. The number of carbonyl (C=O) groups excluding carboxylic acids is 2. The van der Waals surface area contributed by atoms with E-state index in [0.29, 0.717) is 18.5 Å². The molecule has 0 atom stereocenters. The van der Waals surface area contributed by atoms with E-state index in [9.17, 15) is 19.7 Å². The van der Waals surface area contributed by atoms with Crippen LogP contribution >= 0.6 is 0 Å². The molecule has 0 radical (unpaired) electrons. The Morgan fingerprint density at radius 3 is 2.85 bits per heavy atom. The van der Waals surface area contributed by atoms with E-state index < -0.39 is 10.8 Å². The molecule has 8 nitrogen and oxygen atoms in total. The minimum absolute atomic E-state index is 0.0700. The first-order chi connectivity index (χ1) is 9.47. The summed E-state index contributed by atoms with van der Waals surface area (Å²) in [5, 5.41) is 16.5. The molecule has 106 valence electrons. The van der Waals surface area contributed by atoms with Gasteiger partial charge in [-0.2, -0.15) is 0 Å².